The number of anilines is 1. The van der Waals surface area contributed by atoms with Crippen molar-refractivity contribution in [2.75, 3.05) is 19.0 Å². The van der Waals surface area contributed by atoms with E-state index < -0.39 is 0 Å². The van der Waals surface area contributed by atoms with Crippen molar-refractivity contribution in [1.82, 2.24) is 0 Å². The summed E-state index contributed by atoms with van der Waals surface area (Å²) in [7, 11) is 1.35. The first-order chi connectivity index (χ1) is 9.72. The third-order valence-electron chi connectivity index (χ3n) is 3.97. The van der Waals surface area contributed by atoms with Crippen molar-refractivity contribution < 1.29 is 14.3 Å². The van der Waals surface area contributed by atoms with E-state index in [4.69, 9.17) is 4.74 Å². The number of hydrogen-bond acceptors (Lipinski definition) is 4. The Morgan fingerprint density at radius 3 is 2.70 bits per heavy atom. The van der Waals surface area contributed by atoms with Gasteiger partial charge in [-0.1, -0.05) is 19.8 Å². The van der Waals surface area contributed by atoms with Crippen LogP contribution in [0.1, 0.15) is 32.6 Å². The number of carbonyl (C=O) groups excluding carboxylic acids is 1. The monoisotopic (exact) mass is 277 g/mol. The lowest BCUT2D eigenvalue weighted by atomic mass is 10.0. The second-order valence-electron chi connectivity index (χ2n) is 5.24. The van der Waals surface area contributed by atoms with Crippen molar-refractivity contribution in [3.63, 3.8) is 0 Å². The summed E-state index contributed by atoms with van der Waals surface area (Å²) in [5.41, 5.74) is 1.11. The lowest BCUT2D eigenvalue weighted by molar-refractivity contribution is -0.142. The molecule has 0 radical (unpaired) electrons. The van der Waals surface area contributed by atoms with E-state index in [1.807, 2.05) is 24.3 Å². The molecule has 1 fully saturated rings. The molecule has 20 heavy (non-hydrogen) atoms. The molecule has 0 aliphatic heterocycles. The van der Waals surface area contributed by atoms with Gasteiger partial charge >= 0.3 is 5.97 Å². The van der Waals surface area contributed by atoms with Crippen molar-refractivity contribution in [3.8, 4) is 5.75 Å². The summed E-state index contributed by atoms with van der Waals surface area (Å²) in [6, 6.07) is 8.33. The zero-order valence-corrected chi connectivity index (χ0v) is 12.2. The van der Waals surface area contributed by atoms with Gasteiger partial charge in [-0.2, -0.15) is 0 Å². The zero-order valence-electron chi connectivity index (χ0n) is 12.2. The zero-order chi connectivity index (χ0) is 14.4. The molecule has 0 spiro atoms. The molecule has 0 amide bonds. The molecule has 1 N–H and O–H groups in total. The van der Waals surface area contributed by atoms with Crippen LogP contribution in [-0.2, 0) is 9.53 Å². The Morgan fingerprint density at radius 1 is 1.30 bits per heavy atom. The lowest BCUT2D eigenvalue weighted by Crippen LogP contribution is -2.23. The van der Waals surface area contributed by atoms with Crippen molar-refractivity contribution in [3.05, 3.63) is 24.3 Å². The summed E-state index contributed by atoms with van der Waals surface area (Å²) >= 11 is 0. The molecule has 1 aromatic carbocycles. The molecule has 4 heteroatoms. The Kier molecular flexibility index (Phi) is 5.27. The molecular weight excluding hydrogens is 254 g/mol. The van der Waals surface area contributed by atoms with E-state index in [1.165, 1.54) is 32.8 Å². The SMILES string of the molecule is CCC1CCCC1Nc1ccc(OCC(=O)OC)cc1. The van der Waals surface area contributed by atoms with E-state index in [2.05, 4.69) is 17.0 Å². The molecule has 1 saturated carbocycles. The van der Waals surface area contributed by atoms with Crippen LogP contribution in [0, 0.1) is 5.92 Å². The van der Waals surface area contributed by atoms with E-state index in [0.717, 1.165) is 11.6 Å². The minimum absolute atomic E-state index is 0.0518. The van der Waals surface area contributed by atoms with E-state index >= 15 is 0 Å². The standard InChI is InChI=1S/C16H23NO3/c1-3-12-5-4-6-15(12)17-13-7-9-14(10-8-13)20-11-16(18)19-2/h7-10,12,15,17H,3-6,11H2,1-2H3. The Bertz CT molecular complexity index is 430. The van der Waals surface area contributed by atoms with Crippen LogP contribution in [0.3, 0.4) is 0 Å². The molecule has 110 valence electrons. The van der Waals surface area contributed by atoms with E-state index in [0.29, 0.717) is 11.8 Å². The third kappa shape index (κ3) is 3.89. The van der Waals surface area contributed by atoms with Gasteiger partial charge in [-0.05, 0) is 43.0 Å². The fourth-order valence-corrected chi connectivity index (χ4v) is 2.78. The maximum absolute atomic E-state index is 11.0. The van der Waals surface area contributed by atoms with Crippen molar-refractivity contribution in [2.45, 2.75) is 38.6 Å². The molecule has 1 aromatic rings. The second kappa shape index (κ2) is 7.17. The van der Waals surface area contributed by atoms with Crippen LogP contribution in [0.5, 0.6) is 5.75 Å². The predicted molar refractivity (Wildman–Crippen MR) is 79.0 cm³/mol. The molecule has 2 atom stereocenters. The van der Waals surface area contributed by atoms with Gasteiger partial charge in [0, 0.05) is 11.7 Å². The number of ether oxygens (including phenoxy) is 2. The average Bonchev–Trinajstić information content (AvgIpc) is 2.93. The van der Waals surface area contributed by atoms with Gasteiger partial charge in [0.1, 0.15) is 5.75 Å². The number of rotatable bonds is 6. The number of carbonyl (C=O) groups is 1. The maximum Gasteiger partial charge on any atom is 0.343 e. The molecule has 4 nitrogen and oxygen atoms in total. The van der Waals surface area contributed by atoms with E-state index in [1.54, 1.807) is 0 Å². The van der Waals surface area contributed by atoms with Gasteiger partial charge in [-0.3, -0.25) is 0 Å². The lowest BCUT2D eigenvalue weighted by Gasteiger charge is -2.21. The second-order valence-corrected chi connectivity index (χ2v) is 5.24. The molecule has 2 rings (SSSR count). The average molecular weight is 277 g/mol. The minimum atomic E-state index is -0.371. The predicted octanol–water partition coefficient (Wildman–Crippen LogP) is 3.23. The van der Waals surface area contributed by atoms with Gasteiger partial charge in [-0.15, -0.1) is 0 Å². The van der Waals surface area contributed by atoms with Gasteiger partial charge < -0.3 is 14.8 Å². The largest absolute Gasteiger partial charge is 0.482 e. The molecule has 0 heterocycles. The number of esters is 1. The first-order valence-corrected chi connectivity index (χ1v) is 7.29. The summed E-state index contributed by atoms with van der Waals surface area (Å²) in [6.07, 6.45) is 5.13. The number of hydrogen-bond donors (Lipinski definition) is 1. The summed E-state index contributed by atoms with van der Waals surface area (Å²) in [4.78, 5) is 11.0. The Morgan fingerprint density at radius 2 is 2.05 bits per heavy atom. The van der Waals surface area contributed by atoms with Crippen molar-refractivity contribution in [1.29, 1.82) is 0 Å². The molecular formula is C16H23NO3. The number of benzene rings is 1. The Labute approximate surface area is 120 Å². The molecule has 0 aromatic heterocycles. The van der Waals surface area contributed by atoms with Crippen LogP contribution >= 0.6 is 0 Å². The minimum Gasteiger partial charge on any atom is -0.482 e. The molecule has 1 aliphatic rings. The van der Waals surface area contributed by atoms with Gasteiger partial charge in [0.05, 0.1) is 7.11 Å². The summed E-state index contributed by atoms with van der Waals surface area (Å²) in [5.74, 6) is 1.09. The summed E-state index contributed by atoms with van der Waals surface area (Å²) in [5, 5.41) is 3.60. The fourth-order valence-electron chi connectivity index (χ4n) is 2.78. The van der Waals surface area contributed by atoms with Crippen molar-refractivity contribution >= 4 is 11.7 Å². The highest BCUT2D eigenvalue weighted by Crippen LogP contribution is 2.31. The van der Waals surface area contributed by atoms with Gasteiger partial charge in [0.25, 0.3) is 0 Å². The van der Waals surface area contributed by atoms with Crippen LogP contribution in [0.25, 0.3) is 0 Å². The van der Waals surface area contributed by atoms with E-state index in [9.17, 15) is 4.79 Å². The quantitative estimate of drug-likeness (QED) is 0.811. The molecule has 0 bridgehead atoms. The first-order valence-electron chi connectivity index (χ1n) is 7.29. The van der Waals surface area contributed by atoms with Gasteiger partial charge in [0.2, 0.25) is 0 Å². The number of nitrogens with one attached hydrogen (secondary N) is 1. The normalized spacial score (nSPS) is 21.5. The van der Waals surface area contributed by atoms with E-state index in [-0.39, 0.29) is 12.6 Å². The Hall–Kier alpha value is -1.71. The highest BCUT2D eigenvalue weighted by atomic mass is 16.6. The first kappa shape index (κ1) is 14.7. The molecule has 2 unspecified atom stereocenters. The maximum atomic E-state index is 11.0. The van der Waals surface area contributed by atoms with Crippen LogP contribution < -0.4 is 10.1 Å². The molecule has 0 saturated heterocycles. The van der Waals surface area contributed by atoms with Crippen molar-refractivity contribution in [2.24, 2.45) is 5.92 Å². The highest BCUT2D eigenvalue weighted by Gasteiger charge is 2.25. The van der Waals surface area contributed by atoms with Crippen LogP contribution in [0.2, 0.25) is 0 Å². The van der Waals surface area contributed by atoms with Gasteiger partial charge in [0.15, 0.2) is 6.61 Å². The topological polar surface area (TPSA) is 47.6 Å². The Balaban J connectivity index is 1.86. The summed E-state index contributed by atoms with van der Waals surface area (Å²) in [6.45, 7) is 2.21. The smallest absolute Gasteiger partial charge is 0.343 e. The van der Waals surface area contributed by atoms with Gasteiger partial charge in [-0.25, -0.2) is 4.79 Å². The fraction of sp³-hybridized carbons (Fsp3) is 0.562. The van der Waals surface area contributed by atoms with Crippen LogP contribution in [-0.4, -0.2) is 25.7 Å². The molecule has 1 aliphatic carbocycles. The number of methoxy groups -OCH3 is 1. The van der Waals surface area contributed by atoms with Crippen LogP contribution in [0.15, 0.2) is 24.3 Å². The summed E-state index contributed by atoms with van der Waals surface area (Å²) < 4.78 is 9.86. The third-order valence-corrected chi connectivity index (χ3v) is 3.97. The highest BCUT2D eigenvalue weighted by molar-refractivity contribution is 5.70. The van der Waals surface area contributed by atoms with Crippen LogP contribution in [0.4, 0.5) is 5.69 Å².